The highest BCUT2D eigenvalue weighted by atomic mass is 16.5. The summed E-state index contributed by atoms with van der Waals surface area (Å²) in [5, 5.41) is 3.10. The van der Waals surface area contributed by atoms with Gasteiger partial charge >= 0.3 is 11.9 Å². The molecule has 27 heavy (non-hydrogen) atoms. The van der Waals surface area contributed by atoms with Gasteiger partial charge in [0.2, 0.25) is 0 Å². The van der Waals surface area contributed by atoms with Gasteiger partial charge in [-0.3, -0.25) is 0 Å². The number of benzene rings is 1. The van der Waals surface area contributed by atoms with Gasteiger partial charge in [-0.1, -0.05) is 18.2 Å². The van der Waals surface area contributed by atoms with Crippen LogP contribution in [0.5, 0.6) is 5.75 Å². The molecule has 1 aromatic rings. The van der Waals surface area contributed by atoms with Crippen LogP contribution in [-0.2, 0) is 19.1 Å². The largest absolute Gasteiger partial charge is 0.486 e. The van der Waals surface area contributed by atoms with Crippen LogP contribution in [0.1, 0.15) is 26.3 Å². The second kappa shape index (κ2) is 7.31. The molecule has 6 heteroatoms. The molecule has 0 spiro atoms. The van der Waals surface area contributed by atoms with E-state index in [-0.39, 0.29) is 6.10 Å². The predicted octanol–water partition coefficient (Wildman–Crippen LogP) is 2.96. The minimum atomic E-state index is -0.616. The number of dihydropyridines is 1. The van der Waals surface area contributed by atoms with Crippen molar-refractivity contribution < 1.29 is 23.8 Å². The van der Waals surface area contributed by atoms with Crippen molar-refractivity contribution in [2.75, 3.05) is 14.2 Å². The predicted molar refractivity (Wildman–Crippen MR) is 101 cm³/mol. The Morgan fingerprint density at radius 2 is 1.56 bits per heavy atom. The lowest BCUT2D eigenvalue weighted by atomic mass is 9.77. The van der Waals surface area contributed by atoms with E-state index in [1.165, 1.54) is 14.2 Å². The number of rotatable bonds is 3. The van der Waals surface area contributed by atoms with Crippen LogP contribution >= 0.6 is 0 Å². The first-order chi connectivity index (χ1) is 12.9. The Morgan fingerprint density at radius 3 is 2.11 bits per heavy atom. The van der Waals surface area contributed by atoms with Gasteiger partial charge in [0.1, 0.15) is 11.9 Å². The van der Waals surface area contributed by atoms with Gasteiger partial charge in [-0.05, 0) is 38.5 Å². The summed E-state index contributed by atoms with van der Waals surface area (Å²) in [6.07, 6.45) is 1.65. The van der Waals surface area contributed by atoms with Crippen molar-refractivity contribution in [1.29, 1.82) is 0 Å². The number of carbonyl (C=O) groups is 2. The molecular weight excluding hydrogens is 346 g/mol. The van der Waals surface area contributed by atoms with E-state index in [2.05, 4.69) is 5.32 Å². The maximum Gasteiger partial charge on any atom is 0.336 e. The third-order valence-corrected chi connectivity index (χ3v) is 4.92. The van der Waals surface area contributed by atoms with Crippen LogP contribution in [0.3, 0.4) is 0 Å². The van der Waals surface area contributed by atoms with E-state index in [1.54, 1.807) is 13.8 Å². The number of esters is 2. The molecule has 0 fully saturated rings. The van der Waals surface area contributed by atoms with E-state index < -0.39 is 17.9 Å². The summed E-state index contributed by atoms with van der Waals surface area (Å²) in [6.45, 7) is 5.48. The van der Waals surface area contributed by atoms with E-state index in [4.69, 9.17) is 14.2 Å². The van der Waals surface area contributed by atoms with Crippen LogP contribution in [0.25, 0.3) is 6.08 Å². The number of ether oxygens (including phenoxy) is 3. The smallest absolute Gasteiger partial charge is 0.336 e. The molecule has 2 aliphatic rings. The van der Waals surface area contributed by atoms with Crippen molar-refractivity contribution >= 4 is 18.0 Å². The molecular formula is C21H23NO5. The van der Waals surface area contributed by atoms with Gasteiger partial charge in [0.25, 0.3) is 0 Å². The van der Waals surface area contributed by atoms with Crippen molar-refractivity contribution in [3.05, 3.63) is 57.9 Å². The van der Waals surface area contributed by atoms with Crippen molar-refractivity contribution in [2.24, 2.45) is 5.92 Å². The molecule has 0 unspecified atom stereocenters. The van der Waals surface area contributed by atoms with Crippen LogP contribution in [0.4, 0.5) is 0 Å². The van der Waals surface area contributed by atoms with Crippen molar-refractivity contribution in [1.82, 2.24) is 5.32 Å². The lowest BCUT2D eigenvalue weighted by Gasteiger charge is -2.35. The molecule has 0 amide bonds. The Labute approximate surface area is 158 Å². The van der Waals surface area contributed by atoms with E-state index in [0.717, 1.165) is 16.9 Å². The van der Waals surface area contributed by atoms with Gasteiger partial charge in [0, 0.05) is 17.0 Å². The SMILES string of the molecule is COC(=O)C1=C(C)NC(C)=C(C(=O)OC)C1C1=Cc2ccccc2O[C@@H]1C. The fourth-order valence-electron chi connectivity index (χ4n) is 3.67. The Hall–Kier alpha value is -3.02. The Bertz CT molecular complexity index is 856. The minimum absolute atomic E-state index is 0.331. The lowest BCUT2D eigenvalue weighted by Crippen LogP contribution is -2.37. The molecule has 1 atom stereocenters. The monoisotopic (exact) mass is 369 g/mol. The fourth-order valence-corrected chi connectivity index (χ4v) is 3.67. The number of methoxy groups -OCH3 is 2. The summed E-state index contributed by atoms with van der Waals surface area (Å²) < 4.78 is 16.1. The van der Waals surface area contributed by atoms with E-state index in [9.17, 15) is 9.59 Å². The maximum atomic E-state index is 12.6. The summed E-state index contributed by atoms with van der Waals surface area (Å²) in [5.74, 6) is -0.838. The summed E-state index contributed by atoms with van der Waals surface area (Å²) in [6, 6.07) is 7.65. The number of hydrogen-bond donors (Lipinski definition) is 1. The number of nitrogens with one attached hydrogen (secondary N) is 1. The second-order valence-corrected chi connectivity index (χ2v) is 6.56. The standard InChI is InChI=1S/C21H23NO5/c1-11-17(20(23)25-4)19(18(12(2)22-11)21(24)26-5)15-10-14-8-6-7-9-16(14)27-13(15)3/h6-10,13,19,22H,1-5H3/t13-/m1/s1. The third kappa shape index (κ3) is 3.23. The molecule has 2 aliphatic heterocycles. The molecule has 3 rings (SSSR count). The van der Waals surface area contributed by atoms with Crippen LogP contribution in [-0.4, -0.2) is 32.3 Å². The van der Waals surface area contributed by atoms with Crippen molar-refractivity contribution in [3.63, 3.8) is 0 Å². The third-order valence-electron chi connectivity index (χ3n) is 4.92. The van der Waals surface area contributed by atoms with Gasteiger partial charge in [0.05, 0.1) is 31.3 Å². The first-order valence-electron chi connectivity index (χ1n) is 8.71. The van der Waals surface area contributed by atoms with Crippen LogP contribution in [0.15, 0.2) is 52.4 Å². The average Bonchev–Trinajstić information content (AvgIpc) is 2.65. The highest BCUT2D eigenvalue weighted by Gasteiger charge is 2.41. The first kappa shape index (κ1) is 18.8. The zero-order valence-electron chi connectivity index (χ0n) is 16.1. The molecule has 2 heterocycles. The topological polar surface area (TPSA) is 73.9 Å². The van der Waals surface area contributed by atoms with Crippen LogP contribution < -0.4 is 10.1 Å². The minimum Gasteiger partial charge on any atom is -0.486 e. The van der Waals surface area contributed by atoms with E-state index in [1.807, 2.05) is 37.3 Å². The number of hydrogen-bond acceptors (Lipinski definition) is 6. The molecule has 142 valence electrons. The van der Waals surface area contributed by atoms with Crippen molar-refractivity contribution in [2.45, 2.75) is 26.9 Å². The van der Waals surface area contributed by atoms with Crippen LogP contribution in [0, 0.1) is 5.92 Å². The molecule has 0 aromatic heterocycles. The Morgan fingerprint density at radius 1 is 1.00 bits per heavy atom. The molecule has 0 saturated heterocycles. The first-order valence-corrected chi connectivity index (χ1v) is 8.71. The van der Waals surface area contributed by atoms with Crippen molar-refractivity contribution in [3.8, 4) is 5.75 Å². The summed E-state index contributed by atoms with van der Waals surface area (Å²) in [5.41, 5.74) is 3.74. The van der Waals surface area contributed by atoms with Gasteiger partial charge < -0.3 is 19.5 Å². The molecule has 1 N–H and O–H groups in total. The van der Waals surface area contributed by atoms with E-state index in [0.29, 0.717) is 22.5 Å². The normalized spacial score (nSPS) is 19.6. The van der Waals surface area contributed by atoms with Crippen LogP contribution in [0.2, 0.25) is 0 Å². The number of para-hydroxylation sites is 1. The highest BCUT2D eigenvalue weighted by molar-refractivity contribution is 5.99. The highest BCUT2D eigenvalue weighted by Crippen LogP contribution is 2.42. The van der Waals surface area contributed by atoms with E-state index >= 15 is 0 Å². The maximum absolute atomic E-state index is 12.6. The van der Waals surface area contributed by atoms with Gasteiger partial charge in [0.15, 0.2) is 0 Å². The molecule has 6 nitrogen and oxygen atoms in total. The number of allylic oxidation sites excluding steroid dienone is 2. The Balaban J connectivity index is 2.23. The Kier molecular flexibility index (Phi) is 5.08. The zero-order valence-corrected chi connectivity index (χ0v) is 16.1. The zero-order chi connectivity index (χ0) is 19.7. The molecule has 0 saturated carbocycles. The quantitative estimate of drug-likeness (QED) is 0.826. The molecule has 0 aliphatic carbocycles. The lowest BCUT2D eigenvalue weighted by molar-refractivity contribution is -0.137. The second-order valence-electron chi connectivity index (χ2n) is 6.56. The van der Waals surface area contributed by atoms with Gasteiger partial charge in [-0.25, -0.2) is 9.59 Å². The average molecular weight is 369 g/mol. The molecule has 0 radical (unpaired) electrons. The fraction of sp³-hybridized carbons (Fsp3) is 0.333. The number of fused-ring (bicyclic) bond motifs is 1. The summed E-state index contributed by atoms with van der Waals surface area (Å²) in [4.78, 5) is 25.2. The number of carbonyl (C=O) groups excluding carboxylic acids is 2. The van der Waals surface area contributed by atoms with Gasteiger partial charge in [-0.15, -0.1) is 0 Å². The summed E-state index contributed by atoms with van der Waals surface area (Å²) >= 11 is 0. The molecule has 1 aromatic carbocycles. The van der Waals surface area contributed by atoms with Gasteiger partial charge in [-0.2, -0.15) is 0 Å². The summed E-state index contributed by atoms with van der Waals surface area (Å²) in [7, 11) is 2.65. The molecule has 0 bridgehead atoms.